The van der Waals surface area contributed by atoms with Gasteiger partial charge < -0.3 is 10.2 Å². The van der Waals surface area contributed by atoms with Crippen LogP contribution in [0.5, 0.6) is 0 Å². The summed E-state index contributed by atoms with van der Waals surface area (Å²) in [7, 11) is -3.71. The van der Waals surface area contributed by atoms with Gasteiger partial charge in [-0.15, -0.1) is 0 Å². The van der Waals surface area contributed by atoms with Crippen molar-refractivity contribution in [2.45, 2.75) is 43.5 Å². The van der Waals surface area contributed by atoms with E-state index in [0.29, 0.717) is 43.6 Å². The van der Waals surface area contributed by atoms with E-state index in [9.17, 15) is 17.6 Å². The van der Waals surface area contributed by atoms with Gasteiger partial charge >= 0.3 is 0 Å². The Hall–Kier alpha value is -2.45. The number of carbonyl (C=O) groups excluding carboxylic acids is 1. The van der Waals surface area contributed by atoms with E-state index in [-0.39, 0.29) is 22.7 Å². The molecule has 1 amide bonds. The zero-order chi connectivity index (χ0) is 23.9. The van der Waals surface area contributed by atoms with E-state index >= 15 is 0 Å². The SMILES string of the molecule is C[C@H](NC(=O)c1cccc(S(=O)(=O)N2CCN(c3ccc(F)cc3)CC2)c1)[C@H]1C[C@H]2CC[C@H]1C2. The van der Waals surface area contributed by atoms with E-state index in [1.807, 2.05) is 4.90 Å². The first-order valence-electron chi connectivity index (χ1n) is 12.2. The van der Waals surface area contributed by atoms with Crippen molar-refractivity contribution in [2.24, 2.45) is 17.8 Å². The molecule has 34 heavy (non-hydrogen) atoms. The molecule has 2 aromatic carbocycles. The van der Waals surface area contributed by atoms with E-state index in [2.05, 4.69) is 12.2 Å². The topological polar surface area (TPSA) is 69.7 Å². The lowest BCUT2D eigenvalue weighted by atomic mass is 9.84. The third-order valence-electron chi connectivity index (χ3n) is 7.96. The molecule has 2 bridgehead atoms. The van der Waals surface area contributed by atoms with Crippen LogP contribution >= 0.6 is 0 Å². The minimum Gasteiger partial charge on any atom is -0.369 e. The quantitative estimate of drug-likeness (QED) is 0.674. The first-order valence-corrected chi connectivity index (χ1v) is 13.7. The summed E-state index contributed by atoms with van der Waals surface area (Å²) in [6.07, 6.45) is 5.05. The van der Waals surface area contributed by atoms with Crippen LogP contribution in [0.3, 0.4) is 0 Å². The second-order valence-electron chi connectivity index (χ2n) is 10.00. The van der Waals surface area contributed by atoms with Gasteiger partial charge in [-0.05, 0) is 86.4 Å². The number of rotatable bonds is 6. The maximum absolute atomic E-state index is 13.3. The van der Waals surface area contributed by atoms with E-state index < -0.39 is 10.0 Å². The second kappa shape index (κ2) is 9.30. The zero-order valence-corrected chi connectivity index (χ0v) is 20.3. The molecule has 0 spiro atoms. The third kappa shape index (κ3) is 4.58. The highest BCUT2D eigenvalue weighted by molar-refractivity contribution is 7.89. The Morgan fingerprint density at radius 1 is 1.03 bits per heavy atom. The molecule has 3 fully saturated rings. The number of nitrogens with zero attached hydrogens (tertiary/aromatic N) is 2. The summed E-state index contributed by atoms with van der Waals surface area (Å²) in [4.78, 5) is 15.1. The van der Waals surface area contributed by atoms with Crippen molar-refractivity contribution < 1.29 is 17.6 Å². The predicted octanol–water partition coefficient (Wildman–Crippen LogP) is 3.89. The molecule has 3 aliphatic rings. The monoisotopic (exact) mass is 485 g/mol. The van der Waals surface area contributed by atoms with Gasteiger partial charge in [0.15, 0.2) is 0 Å². The number of piperazine rings is 1. The Labute approximate surface area is 201 Å². The summed E-state index contributed by atoms with van der Waals surface area (Å²) in [5.41, 5.74) is 1.25. The van der Waals surface area contributed by atoms with Crippen LogP contribution in [0.1, 0.15) is 43.0 Å². The van der Waals surface area contributed by atoms with Crippen molar-refractivity contribution in [1.82, 2.24) is 9.62 Å². The molecular formula is C26H32FN3O3S. The van der Waals surface area contributed by atoms with Gasteiger partial charge in [-0.3, -0.25) is 4.79 Å². The van der Waals surface area contributed by atoms with Crippen LogP contribution in [0.15, 0.2) is 53.4 Å². The number of nitrogens with one attached hydrogen (secondary N) is 1. The number of fused-ring (bicyclic) bond motifs is 2. The summed E-state index contributed by atoms with van der Waals surface area (Å²) >= 11 is 0. The first-order chi connectivity index (χ1) is 16.3. The lowest BCUT2D eigenvalue weighted by Crippen LogP contribution is -2.48. The number of carbonyl (C=O) groups is 1. The van der Waals surface area contributed by atoms with E-state index in [0.717, 1.165) is 11.6 Å². The van der Waals surface area contributed by atoms with Crippen molar-refractivity contribution in [3.63, 3.8) is 0 Å². The average Bonchev–Trinajstić information content (AvgIpc) is 3.49. The number of halogens is 1. The highest BCUT2D eigenvalue weighted by Crippen LogP contribution is 2.49. The van der Waals surface area contributed by atoms with Gasteiger partial charge in [0.2, 0.25) is 10.0 Å². The fraction of sp³-hybridized carbons (Fsp3) is 0.500. The largest absolute Gasteiger partial charge is 0.369 e. The van der Waals surface area contributed by atoms with Crippen LogP contribution in [-0.2, 0) is 10.0 Å². The summed E-state index contributed by atoms with van der Waals surface area (Å²) < 4.78 is 41.2. The minimum atomic E-state index is -3.71. The lowest BCUT2D eigenvalue weighted by Gasteiger charge is -2.35. The Bertz CT molecular complexity index is 1150. The highest BCUT2D eigenvalue weighted by Gasteiger charge is 2.42. The van der Waals surface area contributed by atoms with Crippen LogP contribution in [0.25, 0.3) is 0 Å². The van der Waals surface area contributed by atoms with Crippen molar-refractivity contribution in [3.8, 4) is 0 Å². The maximum Gasteiger partial charge on any atom is 0.251 e. The van der Waals surface area contributed by atoms with Gasteiger partial charge in [0, 0.05) is 43.5 Å². The van der Waals surface area contributed by atoms with Crippen LogP contribution in [0.4, 0.5) is 10.1 Å². The van der Waals surface area contributed by atoms with Crippen molar-refractivity contribution >= 4 is 21.6 Å². The highest BCUT2D eigenvalue weighted by atomic mass is 32.2. The molecule has 4 atom stereocenters. The predicted molar refractivity (Wildman–Crippen MR) is 130 cm³/mol. The fourth-order valence-electron chi connectivity index (χ4n) is 6.09. The molecular weight excluding hydrogens is 453 g/mol. The van der Waals surface area contributed by atoms with Gasteiger partial charge in [-0.25, -0.2) is 12.8 Å². The van der Waals surface area contributed by atoms with Crippen LogP contribution in [0, 0.1) is 23.6 Å². The molecule has 1 saturated heterocycles. The van der Waals surface area contributed by atoms with Gasteiger partial charge in [0.25, 0.3) is 5.91 Å². The number of hydrogen-bond acceptors (Lipinski definition) is 4. The number of anilines is 1. The molecule has 2 aliphatic carbocycles. The maximum atomic E-state index is 13.3. The van der Waals surface area contributed by atoms with Crippen molar-refractivity contribution in [3.05, 3.63) is 59.9 Å². The molecule has 5 rings (SSSR count). The van der Waals surface area contributed by atoms with Gasteiger partial charge in [0.1, 0.15) is 5.82 Å². The second-order valence-corrected chi connectivity index (χ2v) is 11.9. The standard InChI is InChI=1S/C26H32FN3O3S/c1-18(25-16-19-5-6-20(25)15-19)28-26(31)21-3-2-4-24(17-21)34(32,33)30-13-11-29(12-14-30)23-9-7-22(27)8-10-23/h2-4,7-10,17-20,25H,5-6,11-16H2,1H3,(H,28,31)/t18-,19-,20-,25+/m0/s1. The molecule has 0 unspecified atom stereocenters. The minimum absolute atomic E-state index is 0.0857. The number of benzene rings is 2. The Morgan fingerprint density at radius 3 is 2.41 bits per heavy atom. The number of hydrogen-bond donors (Lipinski definition) is 1. The van der Waals surface area contributed by atoms with Crippen LogP contribution < -0.4 is 10.2 Å². The molecule has 0 aromatic heterocycles. The summed E-state index contributed by atoms with van der Waals surface area (Å²) in [6.45, 7) is 3.78. The Kier molecular flexibility index (Phi) is 6.37. The first kappa shape index (κ1) is 23.3. The normalized spacial score (nSPS) is 25.9. The molecule has 0 radical (unpaired) electrons. The molecule has 6 nitrogen and oxygen atoms in total. The van der Waals surface area contributed by atoms with Gasteiger partial charge in [-0.1, -0.05) is 12.5 Å². The number of amides is 1. The fourth-order valence-corrected chi connectivity index (χ4v) is 7.56. The molecule has 1 N–H and O–H groups in total. The zero-order valence-electron chi connectivity index (χ0n) is 19.5. The van der Waals surface area contributed by atoms with Crippen molar-refractivity contribution in [2.75, 3.05) is 31.1 Å². The molecule has 1 heterocycles. The average molecular weight is 486 g/mol. The summed E-state index contributed by atoms with van der Waals surface area (Å²) in [5, 5.41) is 3.13. The summed E-state index contributed by atoms with van der Waals surface area (Å²) in [6, 6.07) is 12.7. The van der Waals surface area contributed by atoms with E-state index in [1.165, 1.54) is 48.2 Å². The van der Waals surface area contributed by atoms with Gasteiger partial charge in [0.05, 0.1) is 4.90 Å². The van der Waals surface area contributed by atoms with E-state index in [4.69, 9.17) is 0 Å². The van der Waals surface area contributed by atoms with Crippen LogP contribution in [-0.4, -0.2) is 50.9 Å². The smallest absolute Gasteiger partial charge is 0.251 e. The van der Waals surface area contributed by atoms with Gasteiger partial charge in [-0.2, -0.15) is 4.31 Å². The van der Waals surface area contributed by atoms with Crippen LogP contribution in [0.2, 0.25) is 0 Å². The summed E-state index contributed by atoms with van der Waals surface area (Å²) in [5.74, 6) is 1.53. The molecule has 8 heteroatoms. The molecule has 2 aromatic rings. The third-order valence-corrected chi connectivity index (χ3v) is 9.85. The Balaban J connectivity index is 1.23. The molecule has 1 aliphatic heterocycles. The number of sulfonamides is 1. The van der Waals surface area contributed by atoms with E-state index in [1.54, 1.807) is 30.3 Å². The Morgan fingerprint density at radius 2 is 1.76 bits per heavy atom. The molecule has 182 valence electrons. The van der Waals surface area contributed by atoms with Crippen molar-refractivity contribution in [1.29, 1.82) is 0 Å². The lowest BCUT2D eigenvalue weighted by molar-refractivity contribution is 0.0915. The molecule has 2 saturated carbocycles.